The fourth-order valence-corrected chi connectivity index (χ4v) is 1.54. The molecule has 62 valence electrons. The van der Waals surface area contributed by atoms with Crippen molar-refractivity contribution in [2.24, 2.45) is 0 Å². The van der Waals surface area contributed by atoms with Gasteiger partial charge in [0.1, 0.15) is 0 Å². The van der Waals surface area contributed by atoms with Crippen molar-refractivity contribution in [1.29, 1.82) is 0 Å². The van der Waals surface area contributed by atoms with Gasteiger partial charge in [-0.3, -0.25) is 0 Å². The third-order valence-corrected chi connectivity index (χ3v) is 2.61. The molecule has 0 aromatic heterocycles. The summed E-state index contributed by atoms with van der Waals surface area (Å²) in [6.45, 7) is 7.56. The minimum Gasteiger partial charge on any atom is -0.0987 e. The summed E-state index contributed by atoms with van der Waals surface area (Å²) in [7, 11) is 0. The van der Waals surface area contributed by atoms with Crippen LogP contribution in [0.2, 0.25) is 0 Å². The molecule has 0 nitrogen and oxygen atoms in total. The molecule has 1 aromatic carbocycles. The summed E-state index contributed by atoms with van der Waals surface area (Å²) in [6, 6.07) is 8.07. The van der Waals surface area contributed by atoms with Crippen LogP contribution in [0.1, 0.15) is 5.56 Å². The Balaban J connectivity index is 2.82. The summed E-state index contributed by atoms with van der Waals surface area (Å²) in [4.78, 5) is 1.03. The Morgan fingerprint density at radius 1 is 1.33 bits per heavy atom. The van der Waals surface area contributed by atoms with Crippen LogP contribution >= 0.6 is 27.7 Å². The van der Waals surface area contributed by atoms with E-state index in [9.17, 15) is 0 Å². The van der Waals surface area contributed by atoms with Crippen LogP contribution in [-0.2, 0) is 0 Å². The zero-order chi connectivity index (χ0) is 8.97. The monoisotopic (exact) mass is 240 g/mol. The minimum absolute atomic E-state index is 1.03. The van der Waals surface area contributed by atoms with Gasteiger partial charge >= 0.3 is 0 Å². The molecule has 0 bridgehead atoms. The van der Waals surface area contributed by atoms with Crippen LogP contribution in [0.5, 0.6) is 0 Å². The predicted octanol–water partition coefficient (Wildman–Crippen LogP) is 4.30. The molecule has 0 aliphatic heterocycles. The Morgan fingerprint density at radius 2 is 1.92 bits per heavy atom. The average Bonchev–Trinajstić information content (AvgIpc) is 2.06. The van der Waals surface area contributed by atoms with Crippen molar-refractivity contribution in [3.8, 4) is 0 Å². The summed E-state index contributed by atoms with van der Waals surface area (Å²) in [5.74, 6) is 0. The van der Waals surface area contributed by atoms with Crippen LogP contribution in [0.3, 0.4) is 0 Å². The third kappa shape index (κ3) is 2.54. The Hall–Kier alpha value is -0.470. The highest BCUT2D eigenvalue weighted by atomic mass is 79.9. The zero-order valence-corrected chi connectivity index (χ0v) is 8.99. The van der Waals surface area contributed by atoms with Gasteiger partial charge in [-0.1, -0.05) is 53.0 Å². The molecular weight excluding hydrogens is 232 g/mol. The van der Waals surface area contributed by atoms with Gasteiger partial charge in [-0.15, -0.1) is 0 Å². The fraction of sp³-hybridized carbons (Fsp3) is 0. The van der Waals surface area contributed by atoms with Crippen LogP contribution < -0.4 is 0 Å². The van der Waals surface area contributed by atoms with Crippen LogP contribution in [0.15, 0.2) is 47.3 Å². The molecule has 0 spiro atoms. The van der Waals surface area contributed by atoms with Crippen LogP contribution in [0.4, 0.5) is 0 Å². The van der Waals surface area contributed by atoms with Gasteiger partial charge < -0.3 is 0 Å². The molecule has 0 atom stereocenters. The van der Waals surface area contributed by atoms with E-state index in [4.69, 9.17) is 0 Å². The first kappa shape index (κ1) is 9.62. The van der Waals surface area contributed by atoms with E-state index in [2.05, 4.69) is 29.1 Å². The van der Waals surface area contributed by atoms with E-state index in [1.165, 1.54) is 0 Å². The number of thioether (sulfide) groups is 1. The van der Waals surface area contributed by atoms with Crippen LogP contribution in [-0.4, -0.2) is 0 Å². The second-order valence-corrected chi connectivity index (χ2v) is 4.19. The molecule has 0 N–H and O–H groups in total. The van der Waals surface area contributed by atoms with E-state index < -0.39 is 0 Å². The average molecular weight is 241 g/mol. The lowest BCUT2D eigenvalue weighted by molar-refractivity contribution is 1.61. The Labute approximate surface area is 85.5 Å². The van der Waals surface area contributed by atoms with E-state index in [1.807, 2.05) is 24.3 Å². The van der Waals surface area contributed by atoms with Gasteiger partial charge in [-0.05, 0) is 23.1 Å². The van der Waals surface area contributed by atoms with E-state index in [0.29, 0.717) is 0 Å². The molecule has 1 aromatic rings. The smallest absolute Gasteiger partial charge is 0.0175 e. The summed E-state index contributed by atoms with van der Waals surface area (Å²) >= 11 is 4.92. The summed E-state index contributed by atoms with van der Waals surface area (Å²) in [6.07, 6.45) is 0. The van der Waals surface area contributed by atoms with Gasteiger partial charge in [0.15, 0.2) is 0 Å². The summed E-state index contributed by atoms with van der Waals surface area (Å²) in [5, 5.41) is 1.78. The van der Waals surface area contributed by atoms with E-state index in [-0.39, 0.29) is 0 Å². The lowest BCUT2D eigenvalue weighted by Crippen LogP contribution is -1.75. The largest absolute Gasteiger partial charge is 0.0987 e. The molecule has 0 radical (unpaired) electrons. The van der Waals surface area contributed by atoms with Crippen molar-refractivity contribution in [3.63, 3.8) is 0 Å². The second-order valence-electron chi connectivity index (χ2n) is 2.21. The van der Waals surface area contributed by atoms with Gasteiger partial charge in [-0.2, -0.15) is 0 Å². The van der Waals surface area contributed by atoms with Crippen molar-refractivity contribution < 1.29 is 0 Å². The summed E-state index contributed by atoms with van der Waals surface area (Å²) in [5.41, 5.74) is 1.14. The molecule has 0 amide bonds. The van der Waals surface area contributed by atoms with Gasteiger partial charge in [0.2, 0.25) is 0 Å². The van der Waals surface area contributed by atoms with Crippen molar-refractivity contribution in [2.75, 3.05) is 0 Å². The van der Waals surface area contributed by atoms with Gasteiger partial charge in [-0.25, -0.2) is 0 Å². The van der Waals surface area contributed by atoms with Gasteiger partial charge in [0.25, 0.3) is 0 Å². The Kier molecular flexibility index (Phi) is 3.63. The first-order chi connectivity index (χ1) is 5.74. The van der Waals surface area contributed by atoms with Crippen molar-refractivity contribution in [2.45, 2.75) is 0 Å². The van der Waals surface area contributed by atoms with Crippen molar-refractivity contribution in [1.82, 2.24) is 0 Å². The molecular formula is C10H9BrS. The predicted molar refractivity (Wildman–Crippen MR) is 61.0 cm³/mol. The number of hydrogen-bond acceptors (Lipinski definition) is 1. The molecule has 0 saturated carbocycles. The van der Waals surface area contributed by atoms with Crippen LogP contribution in [0.25, 0.3) is 4.91 Å². The van der Waals surface area contributed by atoms with Crippen molar-refractivity contribution in [3.05, 3.63) is 52.9 Å². The Morgan fingerprint density at radius 3 is 2.42 bits per heavy atom. The molecule has 0 aliphatic carbocycles. The Bertz CT molecular complexity index is 287. The van der Waals surface area contributed by atoms with Gasteiger partial charge in [0, 0.05) is 9.38 Å². The van der Waals surface area contributed by atoms with E-state index in [0.717, 1.165) is 14.9 Å². The number of rotatable bonds is 3. The zero-order valence-electron chi connectivity index (χ0n) is 6.59. The number of hydrogen-bond donors (Lipinski definition) is 0. The maximum Gasteiger partial charge on any atom is 0.0175 e. The molecule has 1 rings (SSSR count). The lowest BCUT2D eigenvalue weighted by Gasteiger charge is -2.01. The molecule has 12 heavy (non-hydrogen) atoms. The minimum atomic E-state index is 1.03. The van der Waals surface area contributed by atoms with E-state index in [1.54, 1.807) is 17.2 Å². The molecule has 0 saturated heterocycles. The number of halogens is 1. The molecule has 0 unspecified atom stereocenters. The fourth-order valence-electron chi connectivity index (χ4n) is 0.804. The second kappa shape index (κ2) is 4.53. The molecule has 2 heteroatoms. The highest BCUT2D eigenvalue weighted by Gasteiger charge is 1.95. The standard InChI is InChI=1S/C10H9BrS/c1-3-12-8(2)9-4-6-10(11)7-5-9/h3-7H,1-2H2. The van der Waals surface area contributed by atoms with E-state index >= 15 is 0 Å². The summed E-state index contributed by atoms with van der Waals surface area (Å²) < 4.78 is 1.09. The number of benzene rings is 1. The highest BCUT2D eigenvalue weighted by Crippen LogP contribution is 2.26. The van der Waals surface area contributed by atoms with Gasteiger partial charge in [0.05, 0.1) is 0 Å². The molecule has 0 fully saturated rings. The highest BCUT2D eigenvalue weighted by molar-refractivity contribution is 9.10. The third-order valence-electron chi connectivity index (χ3n) is 1.39. The first-order valence-electron chi connectivity index (χ1n) is 3.46. The normalized spacial score (nSPS) is 9.42. The first-order valence-corrected chi connectivity index (χ1v) is 5.13. The SMILES string of the molecule is C=CSC(=C)c1ccc(Br)cc1. The molecule has 0 aliphatic rings. The van der Waals surface area contributed by atoms with Crippen LogP contribution in [0, 0.1) is 0 Å². The maximum absolute atomic E-state index is 3.92. The lowest BCUT2D eigenvalue weighted by atomic mass is 10.2. The maximum atomic E-state index is 3.92. The topological polar surface area (TPSA) is 0 Å². The quantitative estimate of drug-likeness (QED) is 0.760. The molecule has 0 heterocycles. The van der Waals surface area contributed by atoms with Crippen molar-refractivity contribution >= 4 is 32.6 Å².